The molecule has 0 radical (unpaired) electrons. The summed E-state index contributed by atoms with van der Waals surface area (Å²) in [6.45, 7) is 1.72. The molecular formula is C8H14N6O. The van der Waals surface area contributed by atoms with Crippen LogP contribution >= 0.6 is 0 Å². The summed E-state index contributed by atoms with van der Waals surface area (Å²) >= 11 is 0. The number of aromatic nitrogens is 4. The second kappa shape index (κ2) is 4.35. The van der Waals surface area contributed by atoms with Crippen molar-refractivity contribution in [2.24, 2.45) is 13.0 Å². The summed E-state index contributed by atoms with van der Waals surface area (Å²) in [5.74, 6) is 0.255. The molecule has 0 saturated carbocycles. The minimum absolute atomic E-state index is 0.0163. The maximum Gasteiger partial charge on any atom is 0.270 e. The van der Waals surface area contributed by atoms with E-state index >= 15 is 0 Å². The van der Waals surface area contributed by atoms with Gasteiger partial charge in [0.25, 0.3) is 5.95 Å². The topological polar surface area (TPSA) is 84.7 Å². The van der Waals surface area contributed by atoms with Crippen LogP contribution in [0.1, 0.15) is 12.8 Å². The van der Waals surface area contributed by atoms with Crippen molar-refractivity contribution in [1.82, 2.24) is 25.5 Å². The quantitative estimate of drug-likeness (QED) is 0.664. The van der Waals surface area contributed by atoms with Gasteiger partial charge in [0.15, 0.2) is 0 Å². The van der Waals surface area contributed by atoms with Crippen LogP contribution in [0.25, 0.3) is 0 Å². The van der Waals surface area contributed by atoms with E-state index in [-0.39, 0.29) is 17.8 Å². The molecule has 2 rings (SSSR count). The number of rotatable bonds is 2. The summed E-state index contributed by atoms with van der Waals surface area (Å²) in [7, 11) is 1.66. The molecule has 0 aromatic carbocycles. The van der Waals surface area contributed by atoms with Gasteiger partial charge in [0.1, 0.15) is 0 Å². The summed E-state index contributed by atoms with van der Waals surface area (Å²) in [5, 5.41) is 17.1. The third-order valence-corrected chi connectivity index (χ3v) is 2.41. The number of piperidine rings is 1. The van der Waals surface area contributed by atoms with Crippen molar-refractivity contribution in [3.63, 3.8) is 0 Å². The van der Waals surface area contributed by atoms with Gasteiger partial charge in [-0.05, 0) is 24.6 Å². The van der Waals surface area contributed by atoms with Gasteiger partial charge >= 0.3 is 0 Å². The molecule has 0 unspecified atom stereocenters. The summed E-state index contributed by atoms with van der Waals surface area (Å²) < 4.78 is 0. The molecule has 82 valence electrons. The molecule has 1 saturated heterocycles. The molecule has 1 atom stereocenters. The number of tetrazole rings is 1. The molecule has 1 aromatic rings. The van der Waals surface area contributed by atoms with Crippen LogP contribution in [0, 0.1) is 5.92 Å². The van der Waals surface area contributed by atoms with Crippen LogP contribution in [0.2, 0.25) is 0 Å². The van der Waals surface area contributed by atoms with E-state index in [2.05, 4.69) is 26.0 Å². The average Bonchev–Trinajstić information content (AvgIpc) is 2.65. The molecule has 15 heavy (non-hydrogen) atoms. The summed E-state index contributed by atoms with van der Waals surface area (Å²) in [6, 6.07) is 0. The SMILES string of the molecule is Cn1nnc(NC(=O)[C@@H]2CCCNC2)n1. The van der Waals surface area contributed by atoms with Crippen LogP contribution < -0.4 is 10.6 Å². The lowest BCUT2D eigenvalue weighted by atomic mass is 9.99. The molecule has 1 aliphatic heterocycles. The molecule has 0 aliphatic carbocycles. The first-order valence-corrected chi connectivity index (χ1v) is 5.01. The molecule has 0 bridgehead atoms. The molecular weight excluding hydrogens is 196 g/mol. The number of hydrogen-bond acceptors (Lipinski definition) is 5. The van der Waals surface area contributed by atoms with Crippen molar-refractivity contribution in [2.45, 2.75) is 12.8 Å². The first kappa shape index (κ1) is 10.0. The molecule has 1 aliphatic rings. The van der Waals surface area contributed by atoms with E-state index in [1.807, 2.05) is 0 Å². The number of anilines is 1. The van der Waals surface area contributed by atoms with E-state index in [1.165, 1.54) is 4.80 Å². The lowest BCUT2D eigenvalue weighted by molar-refractivity contribution is -0.120. The predicted octanol–water partition coefficient (Wildman–Crippen LogP) is -0.852. The van der Waals surface area contributed by atoms with Crippen molar-refractivity contribution in [2.75, 3.05) is 18.4 Å². The first-order chi connectivity index (χ1) is 7.25. The Hall–Kier alpha value is -1.50. The highest BCUT2D eigenvalue weighted by molar-refractivity contribution is 5.91. The molecule has 7 nitrogen and oxygen atoms in total. The van der Waals surface area contributed by atoms with Gasteiger partial charge in [-0.15, -0.1) is 5.10 Å². The Morgan fingerprint density at radius 1 is 1.67 bits per heavy atom. The number of carbonyl (C=O) groups is 1. The minimum Gasteiger partial charge on any atom is -0.316 e. The highest BCUT2D eigenvalue weighted by Gasteiger charge is 2.21. The van der Waals surface area contributed by atoms with E-state index in [4.69, 9.17) is 0 Å². The zero-order chi connectivity index (χ0) is 10.7. The Morgan fingerprint density at radius 3 is 3.13 bits per heavy atom. The molecule has 0 spiro atoms. The van der Waals surface area contributed by atoms with Crippen LogP contribution in [-0.2, 0) is 11.8 Å². The lowest BCUT2D eigenvalue weighted by Crippen LogP contribution is -2.37. The van der Waals surface area contributed by atoms with Gasteiger partial charge in [-0.2, -0.15) is 4.80 Å². The normalized spacial score (nSPS) is 21.3. The van der Waals surface area contributed by atoms with Crippen LogP contribution in [0.3, 0.4) is 0 Å². The van der Waals surface area contributed by atoms with Crippen LogP contribution in [-0.4, -0.2) is 39.2 Å². The maximum absolute atomic E-state index is 11.7. The van der Waals surface area contributed by atoms with E-state index in [0.29, 0.717) is 0 Å². The third-order valence-electron chi connectivity index (χ3n) is 2.41. The standard InChI is InChI=1S/C8H14N6O/c1-14-12-8(11-13-14)10-7(15)6-3-2-4-9-5-6/h6,9H,2-5H2,1H3,(H,10,12,15)/t6-/m1/s1. The monoisotopic (exact) mass is 210 g/mol. The van der Waals surface area contributed by atoms with Crippen LogP contribution in [0.5, 0.6) is 0 Å². The number of hydrogen-bond donors (Lipinski definition) is 2. The van der Waals surface area contributed by atoms with Gasteiger partial charge in [-0.25, -0.2) is 0 Å². The smallest absolute Gasteiger partial charge is 0.270 e. The summed E-state index contributed by atoms with van der Waals surface area (Å²) in [6.07, 6.45) is 1.95. The third kappa shape index (κ3) is 2.50. The zero-order valence-corrected chi connectivity index (χ0v) is 8.60. The van der Waals surface area contributed by atoms with Crippen molar-refractivity contribution in [3.05, 3.63) is 0 Å². The minimum atomic E-state index is -0.0322. The maximum atomic E-state index is 11.7. The summed E-state index contributed by atoms with van der Waals surface area (Å²) in [4.78, 5) is 13.0. The Balaban J connectivity index is 1.91. The Labute approximate surface area is 87.2 Å². The molecule has 1 fully saturated rings. The van der Waals surface area contributed by atoms with Crippen LogP contribution in [0.15, 0.2) is 0 Å². The molecule has 1 aromatic heterocycles. The number of carbonyl (C=O) groups excluding carboxylic acids is 1. The van der Waals surface area contributed by atoms with Crippen molar-refractivity contribution in [3.8, 4) is 0 Å². The van der Waals surface area contributed by atoms with Gasteiger partial charge in [-0.1, -0.05) is 5.10 Å². The fraction of sp³-hybridized carbons (Fsp3) is 0.750. The Bertz CT molecular complexity index is 343. The van der Waals surface area contributed by atoms with Gasteiger partial charge in [0, 0.05) is 6.54 Å². The lowest BCUT2D eigenvalue weighted by Gasteiger charge is -2.20. The first-order valence-electron chi connectivity index (χ1n) is 5.01. The van der Waals surface area contributed by atoms with Crippen molar-refractivity contribution >= 4 is 11.9 Å². The van der Waals surface area contributed by atoms with Gasteiger partial charge < -0.3 is 5.32 Å². The summed E-state index contributed by atoms with van der Waals surface area (Å²) in [5.41, 5.74) is 0. The van der Waals surface area contributed by atoms with E-state index in [0.717, 1.165) is 25.9 Å². The Kier molecular flexibility index (Phi) is 2.91. The predicted molar refractivity (Wildman–Crippen MR) is 53.0 cm³/mol. The van der Waals surface area contributed by atoms with Crippen molar-refractivity contribution in [1.29, 1.82) is 0 Å². The van der Waals surface area contributed by atoms with E-state index in [9.17, 15) is 4.79 Å². The Morgan fingerprint density at radius 2 is 2.53 bits per heavy atom. The molecule has 2 N–H and O–H groups in total. The number of nitrogens with zero attached hydrogens (tertiary/aromatic N) is 4. The van der Waals surface area contributed by atoms with Crippen molar-refractivity contribution < 1.29 is 4.79 Å². The van der Waals surface area contributed by atoms with E-state index < -0.39 is 0 Å². The molecule has 2 heterocycles. The van der Waals surface area contributed by atoms with Gasteiger partial charge in [-0.3, -0.25) is 10.1 Å². The number of nitrogens with one attached hydrogen (secondary N) is 2. The average molecular weight is 210 g/mol. The second-order valence-corrected chi connectivity index (χ2v) is 3.64. The highest BCUT2D eigenvalue weighted by Crippen LogP contribution is 2.11. The zero-order valence-electron chi connectivity index (χ0n) is 8.60. The van der Waals surface area contributed by atoms with Gasteiger partial charge in [0.2, 0.25) is 5.91 Å². The highest BCUT2D eigenvalue weighted by atomic mass is 16.2. The van der Waals surface area contributed by atoms with E-state index in [1.54, 1.807) is 7.05 Å². The fourth-order valence-electron chi connectivity index (χ4n) is 1.62. The van der Waals surface area contributed by atoms with Crippen LogP contribution in [0.4, 0.5) is 5.95 Å². The number of aryl methyl sites for hydroxylation is 1. The molecule has 7 heteroatoms. The largest absolute Gasteiger partial charge is 0.316 e. The van der Waals surface area contributed by atoms with Gasteiger partial charge in [0.05, 0.1) is 13.0 Å². The second-order valence-electron chi connectivity index (χ2n) is 3.64. The molecule has 1 amide bonds. The fourth-order valence-corrected chi connectivity index (χ4v) is 1.62. The number of amides is 1.